The molecule has 3 aromatic carbocycles. The van der Waals surface area contributed by atoms with E-state index in [1.54, 1.807) is 43.3 Å². The summed E-state index contributed by atoms with van der Waals surface area (Å²) in [7, 11) is -3.68. The zero-order valence-electron chi connectivity index (χ0n) is 17.3. The molecular weight excluding hydrogens is 410 g/mol. The van der Waals surface area contributed by atoms with Gasteiger partial charge >= 0.3 is 0 Å². The predicted octanol–water partition coefficient (Wildman–Crippen LogP) is 4.65. The van der Waals surface area contributed by atoms with Crippen molar-refractivity contribution in [2.24, 2.45) is 0 Å². The van der Waals surface area contributed by atoms with Crippen LogP contribution >= 0.6 is 0 Å². The second-order valence-electron chi connectivity index (χ2n) is 7.64. The number of hydrogen-bond donors (Lipinski definition) is 2. The van der Waals surface area contributed by atoms with E-state index in [1.807, 2.05) is 24.3 Å². The fourth-order valence-electron chi connectivity index (χ4n) is 3.66. The van der Waals surface area contributed by atoms with Crippen LogP contribution in [0.25, 0.3) is 0 Å². The van der Waals surface area contributed by atoms with Gasteiger partial charge in [-0.2, -0.15) is 0 Å². The number of nitrogens with zero attached hydrogens (tertiary/aromatic N) is 1. The lowest BCUT2D eigenvalue weighted by molar-refractivity contribution is 0.102. The van der Waals surface area contributed by atoms with E-state index in [2.05, 4.69) is 14.9 Å². The molecule has 1 fully saturated rings. The molecule has 0 radical (unpaired) electrons. The van der Waals surface area contributed by atoms with Crippen molar-refractivity contribution in [3.05, 3.63) is 83.9 Å². The Morgan fingerprint density at radius 1 is 0.903 bits per heavy atom. The molecule has 160 valence electrons. The zero-order chi connectivity index (χ0) is 21.8. The smallest absolute Gasteiger partial charge is 0.261 e. The molecule has 1 saturated heterocycles. The van der Waals surface area contributed by atoms with Gasteiger partial charge in [-0.25, -0.2) is 8.42 Å². The molecule has 1 amide bonds. The first-order valence-corrected chi connectivity index (χ1v) is 11.8. The van der Waals surface area contributed by atoms with Crippen molar-refractivity contribution in [1.29, 1.82) is 0 Å². The van der Waals surface area contributed by atoms with Crippen LogP contribution < -0.4 is 14.9 Å². The number of hydrogen-bond acceptors (Lipinski definition) is 4. The lowest BCUT2D eigenvalue weighted by Gasteiger charge is -2.18. The second kappa shape index (κ2) is 8.81. The van der Waals surface area contributed by atoms with Gasteiger partial charge in [0.1, 0.15) is 0 Å². The maximum Gasteiger partial charge on any atom is 0.261 e. The maximum atomic E-state index is 12.7. The highest BCUT2D eigenvalue weighted by molar-refractivity contribution is 7.92. The molecule has 0 bridgehead atoms. The van der Waals surface area contributed by atoms with Gasteiger partial charge < -0.3 is 10.2 Å². The summed E-state index contributed by atoms with van der Waals surface area (Å²) in [5.41, 5.74) is 3.46. The number of amides is 1. The van der Waals surface area contributed by atoms with Crippen molar-refractivity contribution in [3.8, 4) is 0 Å². The molecule has 31 heavy (non-hydrogen) atoms. The van der Waals surface area contributed by atoms with Crippen LogP contribution in [0.2, 0.25) is 0 Å². The standard InChI is InChI=1S/C24H25N3O3S/c1-18-17-19(9-14-23(18)26-31(29,30)22-7-3-2-4-8-22)24(28)25-20-10-12-21(13-11-20)27-15-5-6-16-27/h2-4,7-14,17,26H,5-6,15-16H2,1H3,(H,25,28). The molecule has 1 aliphatic heterocycles. The summed E-state index contributed by atoms with van der Waals surface area (Å²) >= 11 is 0. The van der Waals surface area contributed by atoms with Crippen molar-refractivity contribution < 1.29 is 13.2 Å². The Morgan fingerprint density at radius 3 is 2.23 bits per heavy atom. The number of benzene rings is 3. The minimum absolute atomic E-state index is 0.189. The highest BCUT2D eigenvalue weighted by Crippen LogP contribution is 2.24. The number of carbonyl (C=O) groups is 1. The zero-order valence-corrected chi connectivity index (χ0v) is 18.2. The summed E-state index contributed by atoms with van der Waals surface area (Å²) in [4.78, 5) is 15.2. The molecule has 3 aromatic rings. The molecular formula is C24H25N3O3S. The van der Waals surface area contributed by atoms with E-state index in [0.717, 1.165) is 18.8 Å². The fraction of sp³-hybridized carbons (Fsp3) is 0.208. The van der Waals surface area contributed by atoms with Crippen LogP contribution in [0.4, 0.5) is 17.1 Å². The minimum Gasteiger partial charge on any atom is -0.372 e. The number of sulfonamides is 1. The topological polar surface area (TPSA) is 78.5 Å². The Hall–Kier alpha value is -3.32. The Morgan fingerprint density at radius 2 is 1.58 bits per heavy atom. The molecule has 2 N–H and O–H groups in total. The minimum atomic E-state index is -3.68. The third-order valence-electron chi connectivity index (χ3n) is 5.38. The van der Waals surface area contributed by atoms with Crippen molar-refractivity contribution in [2.45, 2.75) is 24.7 Å². The van der Waals surface area contributed by atoms with Gasteiger partial charge in [-0.15, -0.1) is 0 Å². The maximum absolute atomic E-state index is 12.7. The van der Waals surface area contributed by atoms with Crippen molar-refractivity contribution in [3.63, 3.8) is 0 Å². The van der Waals surface area contributed by atoms with E-state index < -0.39 is 10.0 Å². The summed E-state index contributed by atoms with van der Waals surface area (Å²) < 4.78 is 27.7. The van der Waals surface area contributed by atoms with Gasteiger partial charge in [0, 0.05) is 30.0 Å². The number of carbonyl (C=O) groups excluding carboxylic acids is 1. The molecule has 0 atom stereocenters. The number of aryl methyl sites for hydroxylation is 1. The Bertz CT molecular complexity index is 1170. The van der Waals surface area contributed by atoms with Crippen LogP contribution in [0.3, 0.4) is 0 Å². The fourth-order valence-corrected chi connectivity index (χ4v) is 4.81. The Labute approximate surface area is 183 Å². The third kappa shape index (κ3) is 4.88. The van der Waals surface area contributed by atoms with E-state index in [9.17, 15) is 13.2 Å². The Balaban J connectivity index is 1.44. The first-order valence-electron chi connectivity index (χ1n) is 10.3. The molecule has 0 unspecified atom stereocenters. The van der Waals surface area contributed by atoms with E-state index in [0.29, 0.717) is 16.8 Å². The van der Waals surface area contributed by atoms with Gasteiger partial charge in [0.15, 0.2) is 0 Å². The van der Waals surface area contributed by atoms with Crippen molar-refractivity contribution in [2.75, 3.05) is 28.0 Å². The van der Waals surface area contributed by atoms with E-state index >= 15 is 0 Å². The van der Waals surface area contributed by atoms with Crippen LogP contribution in [0.1, 0.15) is 28.8 Å². The second-order valence-corrected chi connectivity index (χ2v) is 9.33. The lowest BCUT2D eigenvalue weighted by atomic mass is 10.1. The molecule has 7 heteroatoms. The first-order chi connectivity index (χ1) is 14.9. The summed E-state index contributed by atoms with van der Waals surface area (Å²) in [6, 6.07) is 20.9. The monoisotopic (exact) mass is 435 g/mol. The normalized spacial score (nSPS) is 13.8. The summed E-state index contributed by atoms with van der Waals surface area (Å²) in [6.45, 7) is 3.92. The lowest BCUT2D eigenvalue weighted by Crippen LogP contribution is -2.17. The van der Waals surface area contributed by atoms with Gasteiger partial charge in [-0.1, -0.05) is 18.2 Å². The van der Waals surface area contributed by atoms with Crippen LogP contribution in [-0.4, -0.2) is 27.4 Å². The van der Waals surface area contributed by atoms with Gasteiger partial charge in [-0.05, 0) is 79.9 Å². The summed E-state index contributed by atoms with van der Waals surface area (Å²) in [6.07, 6.45) is 2.44. The number of nitrogens with one attached hydrogen (secondary N) is 2. The van der Waals surface area contributed by atoms with E-state index in [-0.39, 0.29) is 10.8 Å². The van der Waals surface area contributed by atoms with Crippen LogP contribution in [0, 0.1) is 6.92 Å². The molecule has 0 spiro atoms. The summed E-state index contributed by atoms with van der Waals surface area (Å²) in [5.74, 6) is -0.241. The van der Waals surface area contributed by atoms with Crippen LogP contribution in [0.5, 0.6) is 0 Å². The largest absolute Gasteiger partial charge is 0.372 e. The van der Waals surface area contributed by atoms with E-state index in [1.165, 1.54) is 30.7 Å². The molecule has 4 rings (SSSR count). The molecule has 6 nitrogen and oxygen atoms in total. The molecule has 1 aliphatic rings. The van der Waals surface area contributed by atoms with Gasteiger partial charge in [0.05, 0.1) is 10.6 Å². The van der Waals surface area contributed by atoms with Crippen molar-refractivity contribution >= 4 is 33.0 Å². The molecule has 0 saturated carbocycles. The predicted molar refractivity (Wildman–Crippen MR) is 124 cm³/mol. The van der Waals surface area contributed by atoms with Gasteiger partial charge in [0.25, 0.3) is 15.9 Å². The highest BCUT2D eigenvalue weighted by atomic mass is 32.2. The average Bonchev–Trinajstić information content (AvgIpc) is 3.31. The highest BCUT2D eigenvalue weighted by Gasteiger charge is 2.16. The van der Waals surface area contributed by atoms with Crippen LogP contribution in [-0.2, 0) is 10.0 Å². The number of anilines is 3. The van der Waals surface area contributed by atoms with E-state index in [4.69, 9.17) is 0 Å². The SMILES string of the molecule is Cc1cc(C(=O)Nc2ccc(N3CCCC3)cc2)ccc1NS(=O)(=O)c1ccccc1. The number of rotatable bonds is 6. The third-order valence-corrected chi connectivity index (χ3v) is 6.76. The molecule has 0 aliphatic carbocycles. The Kier molecular flexibility index (Phi) is 5.95. The van der Waals surface area contributed by atoms with Gasteiger partial charge in [-0.3, -0.25) is 9.52 Å². The quantitative estimate of drug-likeness (QED) is 0.591. The molecule has 0 aromatic heterocycles. The average molecular weight is 436 g/mol. The van der Waals surface area contributed by atoms with Gasteiger partial charge in [0.2, 0.25) is 0 Å². The van der Waals surface area contributed by atoms with Crippen LogP contribution in [0.15, 0.2) is 77.7 Å². The first kappa shape index (κ1) is 20.9. The van der Waals surface area contributed by atoms with Crippen molar-refractivity contribution in [1.82, 2.24) is 0 Å². The molecule has 1 heterocycles. The summed E-state index contributed by atoms with van der Waals surface area (Å²) in [5, 5.41) is 2.90.